The van der Waals surface area contributed by atoms with Crippen LogP contribution in [-0.4, -0.2) is 19.4 Å². The first-order valence-electron chi connectivity index (χ1n) is 6.78. The van der Waals surface area contributed by atoms with Gasteiger partial charge < -0.3 is 5.73 Å². The van der Waals surface area contributed by atoms with Crippen LogP contribution in [0.5, 0.6) is 0 Å². The third-order valence-electron chi connectivity index (χ3n) is 3.03. The number of sulfonamides is 1. The summed E-state index contributed by atoms with van der Waals surface area (Å²) in [7, 11) is -3.51. The zero-order valence-electron chi connectivity index (χ0n) is 11.9. The van der Waals surface area contributed by atoms with Crippen molar-refractivity contribution < 1.29 is 8.42 Å². The fourth-order valence-corrected chi connectivity index (χ4v) is 3.44. The van der Waals surface area contributed by atoms with Gasteiger partial charge in [0.1, 0.15) is 0 Å². The molecule has 0 amide bonds. The highest BCUT2D eigenvalue weighted by Crippen LogP contribution is 2.13. The molecule has 0 aromatic heterocycles. The molecule has 20 heavy (non-hydrogen) atoms. The van der Waals surface area contributed by atoms with Gasteiger partial charge in [0.2, 0.25) is 10.0 Å². The predicted octanol–water partition coefficient (Wildman–Crippen LogP) is 2.37. The lowest BCUT2D eigenvalue weighted by atomic mass is 10.1. The van der Waals surface area contributed by atoms with E-state index in [1.54, 1.807) is 12.1 Å². The molecule has 0 spiro atoms. The zero-order chi connectivity index (χ0) is 15.2. The summed E-state index contributed by atoms with van der Waals surface area (Å²) in [5, 5.41) is 0. The number of hydrogen-bond donors (Lipinski definition) is 2. The molecule has 1 aromatic carbocycles. The lowest BCUT2D eigenvalue weighted by molar-refractivity contribution is 0.546. The number of benzene rings is 1. The Balaban J connectivity index is 2.84. The smallest absolute Gasteiger partial charge is 0.240 e. The quantitative estimate of drug-likeness (QED) is 0.723. The monoisotopic (exact) mass is 314 g/mol. The summed E-state index contributed by atoms with van der Waals surface area (Å²) in [6.07, 6.45) is 3.01. The lowest BCUT2D eigenvalue weighted by Crippen LogP contribution is -2.37. The third kappa shape index (κ3) is 5.19. The van der Waals surface area contributed by atoms with Crippen molar-refractivity contribution in [1.29, 1.82) is 0 Å². The Kier molecular flexibility index (Phi) is 6.58. The molecular formula is C14H22N2O2S2. The molecule has 0 radical (unpaired) electrons. The van der Waals surface area contributed by atoms with Crippen LogP contribution < -0.4 is 10.5 Å². The summed E-state index contributed by atoms with van der Waals surface area (Å²) >= 11 is 4.83. The maximum atomic E-state index is 12.3. The predicted molar refractivity (Wildman–Crippen MR) is 86.2 cm³/mol. The van der Waals surface area contributed by atoms with Gasteiger partial charge in [-0.2, -0.15) is 0 Å². The van der Waals surface area contributed by atoms with E-state index in [1.807, 2.05) is 19.1 Å². The molecule has 0 aliphatic rings. The average molecular weight is 314 g/mol. The minimum atomic E-state index is -3.51. The molecule has 4 nitrogen and oxygen atoms in total. The molecule has 0 saturated carbocycles. The number of rotatable bonds is 8. The number of hydrogen-bond acceptors (Lipinski definition) is 3. The Hall–Kier alpha value is -0.980. The van der Waals surface area contributed by atoms with Gasteiger partial charge in [-0.15, -0.1) is 0 Å². The molecule has 0 fully saturated rings. The maximum absolute atomic E-state index is 12.3. The van der Waals surface area contributed by atoms with Crippen LogP contribution in [0.3, 0.4) is 0 Å². The lowest BCUT2D eigenvalue weighted by Gasteiger charge is -2.16. The zero-order valence-corrected chi connectivity index (χ0v) is 13.6. The second-order valence-electron chi connectivity index (χ2n) is 4.79. The van der Waals surface area contributed by atoms with Gasteiger partial charge in [-0.25, -0.2) is 13.1 Å². The summed E-state index contributed by atoms with van der Waals surface area (Å²) in [5.74, 6) is 0. The van der Waals surface area contributed by atoms with Gasteiger partial charge in [-0.3, -0.25) is 0 Å². The summed E-state index contributed by atoms with van der Waals surface area (Å²) in [5.41, 5.74) is 6.62. The van der Waals surface area contributed by atoms with Crippen LogP contribution >= 0.6 is 12.2 Å². The molecule has 0 saturated heterocycles. The Labute approximate surface area is 126 Å². The Bertz CT molecular complexity index is 539. The molecule has 6 heteroatoms. The highest BCUT2D eigenvalue weighted by molar-refractivity contribution is 7.89. The minimum Gasteiger partial charge on any atom is -0.393 e. The van der Waals surface area contributed by atoms with Gasteiger partial charge in [0, 0.05) is 12.5 Å². The van der Waals surface area contributed by atoms with E-state index < -0.39 is 10.0 Å². The molecule has 1 aromatic rings. The van der Waals surface area contributed by atoms with Gasteiger partial charge in [0.25, 0.3) is 0 Å². The van der Waals surface area contributed by atoms with Crippen LogP contribution in [0.4, 0.5) is 0 Å². The van der Waals surface area contributed by atoms with Crippen molar-refractivity contribution in [3.8, 4) is 0 Å². The number of aryl methyl sites for hydroxylation is 1. The Morgan fingerprint density at radius 3 is 2.35 bits per heavy atom. The largest absolute Gasteiger partial charge is 0.393 e. The van der Waals surface area contributed by atoms with Gasteiger partial charge in [-0.05, 0) is 30.5 Å². The van der Waals surface area contributed by atoms with Gasteiger partial charge in [0.15, 0.2) is 0 Å². The van der Waals surface area contributed by atoms with E-state index in [1.165, 1.54) is 0 Å². The molecule has 3 N–H and O–H groups in total. The van der Waals surface area contributed by atoms with Crippen molar-refractivity contribution in [1.82, 2.24) is 4.72 Å². The van der Waals surface area contributed by atoms with Crippen LogP contribution in [0.2, 0.25) is 0 Å². The Morgan fingerprint density at radius 1 is 1.30 bits per heavy atom. The molecule has 1 rings (SSSR count). The minimum absolute atomic E-state index is 0.257. The topological polar surface area (TPSA) is 72.2 Å². The molecule has 0 bridgehead atoms. The fraction of sp³-hybridized carbons (Fsp3) is 0.500. The van der Waals surface area contributed by atoms with E-state index in [9.17, 15) is 8.42 Å². The van der Waals surface area contributed by atoms with Crippen molar-refractivity contribution >= 4 is 27.2 Å². The van der Waals surface area contributed by atoms with E-state index in [0.717, 1.165) is 18.4 Å². The SMILES string of the molecule is CCCc1ccc(S(=O)(=O)NC(CC)CC(N)=S)cc1. The summed E-state index contributed by atoms with van der Waals surface area (Å²) in [4.78, 5) is 0.594. The van der Waals surface area contributed by atoms with E-state index in [0.29, 0.717) is 17.8 Å². The van der Waals surface area contributed by atoms with Crippen LogP contribution in [-0.2, 0) is 16.4 Å². The maximum Gasteiger partial charge on any atom is 0.240 e. The van der Waals surface area contributed by atoms with Crippen LogP contribution in [0, 0.1) is 0 Å². The van der Waals surface area contributed by atoms with Crippen molar-refractivity contribution in [2.75, 3.05) is 0 Å². The second-order valence-corrected chi connectivity index (χ2v) is 7.03. The van der Waals surface area contributed by atoms with Crippen molar-refractivity contribution in [3.63, 3.8) is 0 Å². The fourth-order valence-electron chi connectivity index (χ4n) is 1.92. The highest BCUT2D eigenvalue weighted by atomic mass is 32.2. The van der Waals surface area contributed by atoms with Crippen LogP contribution in [0.1, 0.15) is 38.7 Å². The molecule has 0 aliphatic heterocycles. The second kappa shape index (κ2) is 7.71. The molecular weight excluding hydrogens is 292 g/mol. The van der Waals surface area contributed by atoms with Crippen molar-refractivity contribution in [2.45, 2.75) is 50.5 Å². The summed E-state index contributed by atoms with van der Waals surface area (Å²) in [6, 6.07) is 6.73. The normalized spacial score (nSPS) is 13.1. The summed E-state index contributed by atoms with van der Waals surface area (Å²) in [6.45, 7) is 3.99. The van der Waals surface area contributed by atoms with Gasteiger partial charge in [-0.1, -0.05) is 44.6 Å². The van der Waals surface area contributed by atoms with E-state index in [4.69, 9.17) is 18.0 Å². The molecule has 1 unspecified atom stereocenters. The van der Waals surface area contributed by atoms with E-state index in [-0.39, 0.29) is 10.9 Å². The first kappa shape index (κ1) is 17.1. The standard InChI is InChI=1S/C14H22N2O2S2/c1-3-5-11-6-8-13(9-7-11)20(17,18)16-12(4-2)10-14(15)19/h6-9,12,16H,3-5,10H2,1-2H3,(H2,15,19). The molecule has 0 aliphatic carbocycles. The van der Waals surface area contributed by atoms with E-state index >= 15 is 0 Å². The van der Waals surface area contributed by atoms with Crippen molar-refractivity contribution in [2.24, 2.45) is 5.73 Å². The highest BCUT2D eigenvalue weighted by Gasteiger charge is 2.19. The number of nitrogens with two attached hydrogens (primary N) is 1. The van der Waals surface area contributed by atoms with Crippen LogP contribution in [0.25, 0.3) is 0 Å². The number of nitrogens with one attached hydrogen (secondary N) is 1. The van der Waals surface area contributed by atoms with Crippen LogP contribution in [0.15, 0.2) is 29.2 Å². The number of thiocarbonyl (C=S) groups is 1. The average Bonchev–Trinajstić information content (AvgIpc) is 2.38. The van der Waals surface area contributed by atoms with E-state index in [2.05, 4.69) is 11.6 Å². The van der Waals surface area contributed by atoms with Crippen molar-refractivity contribution in [3.05, 3.63) is 29.8 Å². The van der Waals surface area contributed by atoms with Gasteiger partial charge in [0.05, 0.1) is 9.88 Å². The first-order valence-corrected chi connectivity index (χ1v) is 8.67. The molecule has 1 atom stereocenters. The third-order valence-corrected chi connectivity index (χ3v) is 4.74. The molecule has 0 heterocycles. The first-order chi connectivity index (χ1) is 9.39. The molecule has 112 valence electrons. The summed E-state index contributed by atoms with van der Waals surface area (Å²) < 4.78 is 27.2. The Morgan fingerprint density at radius 2 is 1.90 bits per heavy atom. The van der Waals surface area contributed by atoms with Gasteiger partial charge >= 0.3 is 0 Å².